The highest BCUT2D eigenvalue weighted by molar-refractivity contribution is 5.87. The fourth-order valence-electron chi connectivity index (χ4n) is 6.77. The van der Waals surface area contributed by atoms with E-state index in [2.05, 4.69) is 16.5 Å². The van der Waals surface area contributed by atoms with Gasteiger partial charge >= 0.3 is 5.97 Å². The number of aliphatic hydroxyl groups excluding tert-OH is 2. The molecule has 6 rings (SSSR count). The van der Waals surface area contributed by atoms with Crippen LogP contribution in [0.15, 0.2) is 28.9 Å². The summed E-state index contributed by atoms with van der Waals surface area (Å²) in [5.74, 6) is -0.531. The fourth-order valence-corrected chi connectivity index (χ4v) is 6.77. The van der Waals surface area contributed by atoms with Crippen molar-refractivity contribution in [3.05, 3.63) is 35.3 Å². The van der Waals surface area contributed by atoms with E-state index in [1.54, 1.807) is 6.21 Å². The topological polar surface area (TPSA) is 130 Å². The predicted molar refractivity (Wildman–Crippen MR) is 141 cm³/mol. The number of benzene rings is 1. The first-order chi connectivity index (χ1) is 18.4. The average Bonchev–Trinajstić information content (AvgIpc) is 3.56. The SMILES string of the molecule is COC(O)N1c2ccc3c(nc(C(O)C4=CC5CCOC5C=N4)n3C3CCCC(C(=O)O)C3)c2CC[C@@H]1C. The second kappa shape index (κ2) is 10.1. The van der Waals surface area contributed by atoms with Gasteiger partial charge in [-0.15, -0.1) is 0 Å². The maximum Gasteiger partial charge on any atom is 0.306 e. The molecule has 0 radical (unpaired) electrons. The van der Waals surface area contributed by atoms with E-state index in [-0.39, 0.29) is 24.1 Å². The molecule has 0 bridgehead atoms. The van der Waals surface area contributed by atoms with Crippen LogP contribution in [0.2, 0.25) is 0 Å². The van der Waals surface area contributed by atoms with Crippen LogP contribution in [0.3, 0.4) is 0 Å². The Labute approximate surface area is 221 Å². The molecule has 0 amide bonds. The van der Waals surface area contributed by atoms with Gasteiger partial charge in [-0.1, -0.05) is 12.5 Å². The molecule has 4 aliphatic rings. The number of imidazole rings is 1. The number of aliphatic carboxylic acids is 1. The molecule has 3 N–H and O–H groups in total. The van der Waals surface area contributed by atoms with Gasteiger partial charge in [0.15, 0.2) is 6.10 Å². The Balaban J connectivity index is 1.48. The summed E-state index contributed by atoms with van der Waals surface area (Å²) < 4.78 is 13.0. The molecule has 10 heteroatoms. The number of aliphatic imine (C=N–C) groups is 1. The molecule has 0 spiro atoms. The van der Waals surface area contributed by atoms with Gasteiger partial charge in [-0.2, -0.15) is 0 Å². The van der Waals surface area contributed by atoms with Gasteiger partial charge in [-0.05, 0) is 57.6 Å². The molecule has 3 aliphatic heterocycles. The quantitative estimate of drug-likeness (QED) is 0.491. The number of carboxylic acids is 1. The van der Waals surface area contributed by atoms with Crippen LogP contribution in [-0.4, -0.2) is 69.3 Å². The summed E-state index contributed by atoms with van der Waals surface area (Å²) >= 11 is 0. The van der Waals surface area contributed by atoms with Crippen molar-refractivity contribution in [2.75, 3.05) is 18.6 Å². The van der Waals surface area contributed by atoms with Gasteiger partial charge in [0.05, 0.1) is 28.8 Å². The largest absolute Gasteiger partial charge is 0.481 e. The van der Waals surface area contributed by atoms with Crippen molar-refractivity contribution in [3.8, 4) is 0 Å². The summed E-state index contributed by atoms with van der Waals surface area (Å²) in [5.41, 5.74) is 4.07. The molecule has 2 aromatic rings. The number of carboxylic acid groups (broad SMARTS) is 1. The third-order valence-corrected chi connectivity index (χ3v) is 8.81. The van der Waals surface area contributed by atoms with Crippen molar-refractivity contribution in [3.63, 3.8) is 0 Å². The molecule has 38 heavy (non-hydrogen) atoms. The van der Waals surface area contributed by atoms with E-state index >= 15 is 0 Å². The van der Waals surface area contributed by atoms with Crippen LogP contribution in [0.1, 0.15) is 69.0 Å². The molecule has 10 nitrogen and oxygen atoms in total. The minimum Gasteiger partial charge on any atom is -0.481 e. The van der Waals surface area contributed by atoms with Crippen molar-refractivity contribution in [2.45, 2.75) is 82.6 Å². The maximum atomic E-state index is 11.9. The van der Waals surface area contributed by atoms with Gasteiger partial charge in [0.25, 0.3) is 0 Å². The third-order valence-electron chi connectivity index (χ3n) is 8.81. The number of hydrogen-bond donors (Lipinski definition) is 3. The molecular weight excluding hydrogens is 488 g/mol. The third kappa shape index (κ3) is 4.23. The molecule has 1 aromatic carbocycles. The average molecular weight is 525 g/mol. The molecule has 204 valence electrons. The minimum atomic E-state index is -1.08. The molecule has 1 aromatic heterocycles. The van der Waals surface area contributed by atoms with Gasteiger partial charge < -0.3 is 34.3 Å². The van der Waals surface area contributed by atoms with Gasteiger partial charge in [0, 0.05) is 49.2 Å². The van der Waals surface area contributed by atoms with Gasteiger partial charge in [-0.3, -0.25) is 9.79 Å². The second-order valence-corrected chi connectivity index (χ2v) is 11.0. The monoisotopic (exact) mass is 524 g/mol. The molecule has 1 aliphatic carbocycles. The summed E-state index contributed by atoms with van der Waals surface area (Å²) in [6.45, 7) is 2.73. The maximum absolute atomic E-state index is 11.9. The van der Waals surface area contributed by atoms with Gasteiger partial charge in [-0.25, -0.2) is 4.98 Å². The zero-order valence-electron chi connectivity index (χ0n) is 21.9. The Hall–Kier alpha value is -2.79. The number of aliphatic hydroxyl groups is 2. The van der Waals surface area contributed by atoms with Crippen LogP contribution in [0, 0.1) is 11.8 Å². The number of ether oxygens (including phenoxy) is 2. The number of anilines is 1. The molecule has 2 fully saturated rings. The van der Waals surface area contributed by atoms with Crippen LogP contribution >= 0.6 is 0 Å². The highest BCUT2D eigenvalue weighted by Gasteiger charge is 2.37. The second-order valence-electron chi connectivity index (χ2n) is 11.0. The highest BCUT2D eigenvalue weighted by Crippen LogP contribution is 2.43. The normalized spacial score (nSPS) is 30.6. The van der Waals surface area contributed by atoms with E-state index in [1.165, 1.54) is 7.11 Å². The molecule has 1 saturated heterocycles. The van der Waals surface area contributed by atoms with Gasteiger partial charge in [0.2, 0.25) is 6.41 Å². The van der Waals surface area contributed by atoms with Crippen molar-refractivity contribution in [2.24, 2.45) is 16.8 Å². The Morgan fingerprint density at radius 1 is 1.21 bits per heavy atom. The number of fused-ring (bicyclic) bond motifs is 4. The van der Waals surface area contributed by atoms with Crippen molar-refractivity contribution in [1.29, 1.82) is 0 Å². The van der Waals surface area contributed by atoms with E-state index in [4.69, 9.17) is 14.5 Å². The lowest BCUT2D eigenvalue weighted by molar-refractivity contribution is -0.143. The fraction of sp³-hybridized carbons (Fsp3) is 0.607. The lowest BCUT2D eigenvalue weighted by Gasteiger charge is -2.39. The Morgan fingerprint density at radius 3 is 2.84 bits per heavy atom. The number of hydrogen-bond acceptors (Lipinski definition) is 8. The standard InChI is InChI=1S/C28H36N4O6/c1-15-6-7-19-21(31(15)28(36)37-2)8-9-22-24(19)30-26(32(22)18-5-3-4-17(12-18)27(34)35)25(33)20-13-16-10-11-38-23(16)14-29-20/h8-9,13-18,23,25,28,33,36H,3-7,10-12H2,1-2H3,(H,34,35)/t15-,16?,17?,18?,23?,25?,28?/m0/s1. The molecule has 4 heterocycles. The summed E-state index contributed by atoms with van der Waals surface area (Å²) in [7, 11) is 1.48. The zero-order valence-corrected chi connectivity index (χ0v) is 21.9. The summed E-state index contributed by atoms with van der Waals surface area (Å²) in [6.07, 6.45) is 6.84. The van der Waals surface area contributed by atoms with Crippen molar-refractivity contribution in [1.82, 2.24) is 9.55 Å². The van der Waals surface area contributed by atoms with Crippen LogP contribution in [0.4, 0.5) is 5.69 Å². The zero-order chi connectivity index (χ0) is 26.6. The van der Waals surface area contributed by atoms with Crippen LogP contribution in [0.5, 0.6) is 0 Å². The molecule has 6 unspecified atom stereocenters. The minimum absolute atomic E-state index is 0.0494. The van der Waals surface area contributed by atoms with Crippen LogP contribution < -0.4 is 4.90 Å². The number of aromatic nitrogens is 2. The molecular formula is C28H36N4O6. The van der Waals surface area contributed by atoms with Crippen molar-refractivity contribution >= 4 is 28.9 Å². The van der Waals surface area contributed by atoms with E-state index in [0.29, 0.717) is 31.0 Å². The van der Waals surface area contributed by atoms with E-state index in [9.17, 15) is 20.1 Å². The highest BCUT2D eigenvalue weighted by atomic mass is 16.6. The lowest BCUT2D eigenvalue weighted by atomic mass is 9.85. The first-order valence-corrected chi connectivity index (χ1v) is 13.7. The predicted octanol–water partition coefficient (Wildman–Crippen LogP) is 3.32. The Kier molecular flexibility index (Phi) is 6.75. The summed E-state index contributed by atoms with van der Waals surface area (Å²) in [5, 5.41) is 32.1. The van der Waals surface area contributed by atoms with E-state index < -0.39 is 24.4 Å². The van der Waals surface area contributed by atoms with Gasteiger partial charge in [0.1, 0.15) is 5.82 Å². The number of aryl methyl sites for hydroxylation is 1. The number of rotatable bonds is 6. The number of carbonyl (C=O) groups is 1. The molecule has 7 atom stereocenters. The van der Waals surface area contributed by atoms with Crippen LogP contribution in [0.25, 0.3) is 11.0 Å². The van der Waals surface area contributed by atoms with Crippen molar-refractivity contribution < 1.29 is 29.6 Å². The Bertz CT molecular complexity index is 1290. The first-order valence-electron chi connectivity index (χ1n) is 13.7. The summed E-state index contributed by atoms with van der Waals surface area (Å²) in [6, 6.07) is 3.95. The molecule has 1 saturated carbocycles. The summed E-state index contributed by atoms with van der Waals surface area (Å²) in [4.78, 5) is 23.4. The Morgan fingerprint density at radius 2 is 2.05 bits per heavy atom. The lowest BCUT2D eigenvalue weighted by Crippen LogP contribution is -2.45. The smallest absolute Gasteiger partial charge is 0.306 e. The number of methoxy groups -OCH3 is 1. The van der Waals surface area contributed by atoms with E-state index in [1.807, 2.05) is 23.1 Å². The number of nitrogens with zero attached hydrogens (tertiary/aromatic N) is 4. The van der Waals surface area contributed by atoms with Crippen LogP contribution in [-0.2, 0) is 20.7 Å². The van der Waals surface area contributed by atoms with E-state index in [0.717, 1.165) is 54.4 Å². The first kappa shape index (κ1) is 25.5.